The number of rotatable bonds is 2. The number of benzene rings is 1. The molecule has 0 fully saturated rings. The quantitative estimate of drug-likeness (QED) is 0.687. The molecule has 0 aliphatic carbocycles. The summed E-state index contributed by atoms with van der Waals surface area (Å²) in [4.78, 5) is 14.4. The second kappa shape index (κ2) is 3.82. The molecule has 1 aromatic carbocycles. The van der Waals surface area contributed by atoms with Gasteiger partial charge in [-0.2, -0.15) is 9.61 Å². The third-order valence-corrected chi connectivity index (χ3v) is 2.46. The Balaban J connectivity index is 2.05. The molecule has 0 saturated carbocycles. The molecule has 0 saturated heterocycles. The average molecular weight is 227 g/mol. The monoisotopic (exact) mass is 227 g/mol. The van der Waals surface area contributed by atoms with E-state index in [0.717, 1.165) is 5.56 Å². The van der Waals surface area contributed by atoms with Crippen LogP contribution in [0.3, 0.4) is 0 Å². The molecule has 0 aliphatic heterocycles. The maximum atomic E-state index is 11.7. The van der Waals surface area contributed by atoms with Crippen LogP contribution < -0.4 is 5.56 Å². The summed E-state index contributed by atoms with van der Waals surface area (Å²) in [6, 6.07) is 9.71. The third-order valence-electron chi connectivity index (χ3n) is 2.46. The molecule has 6 heteroatoms. The topological polar surface area (TPSA) is 75.9 Å². The first-order valence-corrected chi connectivity index (χ1v) is 5.16. The normalized spacial score (nSPS) is 10.8. The van der Waals surface area contributed by atoms with Gasteiger partial charge in [-0.1, -0.05) is 30.3 Å². The molecule has 0 bridgehead atoms. The molecule has 6 nitrogen and oxygen atoms in total. The van der Waals surface area contributed by atoms with Crippen molar-refractivity contribution in [1.82, 2.24) is 24.8 Å². The molecule has 0 spiro atoms. The van der Waals surface area contributed by atoms with Crippen LogP contribution in [0, 0.1) is 0 Å². The summed E-state index contributed by atoms with van der Waals surface area (Å²) in [5.74, 6) is 0.354. The Morgan fingerprint density at radius 3 is 2.88 bits per heavy atom. The van der Waals surface area contributed by atoms with Crippen LogP contribution in [-0.4, -0.2) is 24.8 Å². The minimum atomic E-state index is -0.227. The summed E-state index contributed by atoms with van der Waals surface area (Å²) in [7, 11) is 0. The van der Waals surface area contributed by atoms with Gasteiger partial charge in [0.1, 0.15) is 12.0 Å². The minimum absolute atomic E-state index is 0.227. The highest BCUT2D eigenvalue weighted by Crippen LogP contribution is 2.03. The predicted molar refractivity (Wildman–Crippen MR) is 60.7 cm³/mol. The van der Waals surface area contributed by atoms with Crippen LogP contribution in [0.5, 0.6) is 0 Å². The van der Waals surface area contributed by atoms with Gasteiger partial charge in [-0.05, 0) is 5.56 Å². The first kappa shape index (κ1) is 9.71. The van der Waals surface area contributed by atoms with E-state index in [2.05, 4.69) is 20.3 Å². The predicted octanol–water partition coefficient (Wildman–Crippen LogP) is 0.403. The van der Waals surface area contributed by atoms with Crippen LogP contribution in [0.25, 0.3) is 5.78 Å². The molecule has 2 aromatic heterocycles. The lowest BCUT2D eigenvalue weighted by Crippen LogP contribution is -2.18. The number of H-pyrrole nitrogens is 1. The van der Waals surface area contributed by atoms with Gasteiger partial charge in [0.15, 0.2) is 0 Å². The second-order valence-electron chi connectivity index (χ2n) is 3.66. The minimum Gasteiger partial charge on any atom is -0.288 e. The molecule has 2 heterocycles. The first-order valence-electron chi connectivity index (χ1n) is 5.16. The van der Waals surface area contributed by atoms with E-state index in [1.165, 1.54) is 10.8 Å². The van der Waals surface area contributed by atoms with Crippen LogP contribution in [0.4, 0.5) is 0 Å². The maximum Gasteiger partial charge on any atom is 0.274 e. The standard InChI is InChI=1S/C11H9N5O/c17-10-9(6-8-4-2-1-3-5-8)15-16-7-12-14-11(16)13-10/h1-5,7H,6H2,(H,13,14,17). The largest absolute Gasteiger partial charge is 0.288 e. The van der Waals surface area contributed by atoms with Crippen molar-refractivity contribution < 1.29 is 0 Å². The van der Waals surface area contributed by atoms with Gasteiger partial charge in [-0.3, -0.25) is 9.78 Å². The van der Waals surface area contributed by atoms with Gasteiger partial charge >= 0.3 is 0 Å². The van der Waals surface area contributed by atoms with Crippen molar-refractivity contribution in [2.45, 2.75) is 6.42 Å². The summed E-state index contributed by atoms with van der Waals surface area (Å²) < 4.78 is 1.46. The van der Waals surface area contributed by atoms with Gasteiger partial charge in [0.25, 0.3) is 11.3 Å². The van der Waals surface area contributed by atoms with E-state index >= 15 is 0 Å². The van der Waals surface area contributed by atoms with Gasteiger partial charge < -0.3 is 0 Å². The maximum absolute atomic E-state index is 11.7. The molecule has 3 aromatic rings. The highest BCUT2D eigenvalue weighted by Gasteiger charge is 2.06. The molecule has 1 N–H and O–H groups in total. The Bertz CT molecular complexity index is 700. The van der Waals surface area contributed by atoms with E-state index < -0.39 is 0 Å². The molecule has 84 valence electrons. The number of fused-ring (bicyclic) bond motifs is 1. The summed E-state index contributed by atoms with van der Waals surface area (Å²) in [6.45, 7) is 0. The molecule has 17 heavy (non-hydrogen) atoms. The van der Waals surface area contributed by atoms with Crippen LogP contribution in [0.15, 0.2) is 41.5 Å². The number of aromatic amines is 1. The van der Waals surface area contributed by atoms with Crippen molar-refractivity contribution in [3.63, 3.8) is 0 Å². The average Bonchev–Trinajstić information content (AvgIpc) is 2.78. The number of nitrogens with zero attached hydrogens (tertiary/aromatic N) is 4. The molecule has 0 radical (unpaired) electrons. The van der Waals surface area contributed by atoms with Crippen LogP contribution in [-0.2, 0) is 6.42 Å². The molecule has 0 unspecified atom stereocenters. The second-order valence-corrected chi connectivity index (χ2v) is 3.66. The van der Waals surface area contributed by atoms with E-state index in [-0.39, 0.29) is 5.56 Å². The van der Waals surface area contributed by atoms with Crippen molar-refractivity contribution in [2.75, 3.05) is 0 Å². The zero-order valence-electron chi connectivity index (χ0n) is 8.87. The summed E-state index contributed by atoms with van der Waals surface area (Å²) in [6.07, 6.45) is 1.95. The molecular weight excluding hydrogens is 218 g/mol. The van der Waals surface area contributed by atoms with Crippen molar-refractivity contribution in [1.29, 1.82) is 0 Å². The fourth-order valence-electron chi connectivity index (χ4n) is 1.64. The highest BCUT2D eigenvalue weighted by atomic mass is 16.1. The summed E-state index contributed by atoms with van der Waals surface area (Å²) >= 11 is 0. The van der Waals surface area contributed by atoms with E-state index in [9.17, 15) is 4.79 Å². The van der Waals surface area contributed by atoms with Gasteiger partial charge in [0.2, 0.25) is 0 Å². The van der Waals surface area contributed by atoms with Crippen LogP contribution in [0.2, 0.25) is 0 Å². The number of nitrogens with one attached hydrogen (secondary N) is 1. The Hall–Kier alpha value is -2.50. The summed E-state index contributed by atoms with van der Waals surface area (Å²) in [5.41, 5.74) is 1.26. The Morgan fingerprint density at radius 2 is 2.06 bits per heavy atom. The van der Waals surface area contributed by atoms with Gasteiger partial charge in [-0.25, -0.2) is 0 Å². The fraction of sp³-hybridized carbons (Fsp3) is 0.0909. The van der Waals surface area contributed by atoms with Crippen molar-refractivity contribution in [3.05, 3.63) is 58.3 Å². The van der Waals surface area contributed by atoms with E-state index in [1.54, 1.807) is 0 Å². The summed E-state index contributed by atoms with van der Waals surface area (Å²) in [5, 5.41) is 11.6. The Morgan fingerprint density at radius 1 is 1.24 bits per heavy atom. The smallest absolute Gasteiger partial charge is 0.274 e. The van der Waals surface area contributed by atoms with Crippen molar-refractivity contribution in [2.24, 2.45) is 0 Å². The van der Waals surface area contributed by atoms with Gasteiger partial charge in [-0.15, -0.1) is 10.2 Å². The van der Waals surface area contributed by atoms with Crippen molar-refractivity contribution in [3.8, 4) is 0 Å². The van der Waals surface area contributed by atoms with E-state index in [1.807, 2.05) is 30.3 Å². The third kappa shape index (κ3) is 1.80. The lowest BCUT2D eigenvalue weighted by Gasteiger charge is -2.00. The van der Waals surface area contributed by atoms with E-state index in [0.29, 0.717) is 17.9 Å². The van der Waals surface area contributed by atoms with Crippen LogP contribution in [0.1, 0.15) is 11.3 Å². The molecule has 0 amide bonds. The number of hydrogen-bond acceptors (Lipinski definition) is 4. The van der Waals surface area contributed by atoms with E-state index in [4.69, 9.17) is 0 Å². The number of aromatic nitrogens is 5. The SMILES string of the molecule is O=c1[nH]c2nncn2nc1Cc1ccccc1. The molecule has 3 rings (SSSR count). The zero-order chi connectivity index (χ0) is 11.7. The van der Waals surface area contributed by atoms with Crippen molar-refractivity contribution >= 4 is 5.78 Å². The highest BCUT2D eigenvalue weighted by molar-refractivity contribution is 5.25. The Kier molecular flexibility index (Phi) is 2.18. The molecular formula is C11H9N5O. The molecule has 0 atom stereocenters. The lowest BCUT2D eigenvalue weighted by atomic mass is 10.1. The van der Waals surface area contributed by atoms with Gasteiger partial charge in [0.05, 0.1) is 0 Å². The lowest BCUT2D eigenvalue weighted by molar-refractivity contribution is 0.823. The Labute approximate surface area is 95.9 Å². The van der Waals surface area contributed by atoms with Gasteiger partial charge in [0, 0.05) is 6.42 Å². The molecule has 0 aliphatic rings. The number of hydrogen-bond donors (Lipinski definition) is 1. The fourth-order valence-corrected chi connectivity index (χ4v) is 1.64. The van der Waals surface area contributed by atoms with Crippen LogP contribution >= 0.6 is 0 Å². The zero-order valence-corrected chi connectivity index (χ0v) is 8.87. The first-order chi connectivity index (χ1) is 8.33.